The molecule has 0 saturated heterocycles. The lowest BCUT2D eigenvalue weighted by Crippen LogP contribution is -2.33. The highest BCUT2D eigenvalue weighted by Gasteiger charge is 2.13. The number of benzene rings is 1. The lowest BCUT2D eigenvalue weighted by Gasteiger charge is -2.26. The first-order valence-electron chi connectivity index (χ1n) is 7.12. The minimum atomic E-state index is 0.619. The lowest BCUT2D eigenvalue weighted by molar-refractivity contribution is 0.219. The van der Waals surface area contributed by atoms with Crippen LogP contribution in [0.3, 0.4) is 0 Å². The van der Waals surface area contributed by atoms with Crippen molar-refractivity contribution in [2.75, 3.05) is 19.6 Å². The second-order valence-electron chi connectivity index (χ2n) is 5.54. The SMILES string of the molecule is CCN(Cc1ccccc1)CC(CN)CC(C)C. The van der Waals surface area contributed by atoms with Crippen molar-refractivity contribution in [3.63, 3.8) is 0 Å². The van der Waals surface area contributed by atoms with Gasteiger partial charge in [-0.05, 0) is 36.9 Å². The molecule has 0 radical (unpaired) electrons. The van der Waals surface area contributed by atoms with Gasteiger partial charge in [0.05, 0.1) is 0 Å². The van der Waals surface area contributed by atoms with E-state index < -0.39 is 0 Å². The second kappa shape index (κ2) is 8.28. The lowest BCUT2D eigenvalue weighted by atomic mass is 9.96. The van der Waals surface area contributed by atoms with Crippen molar-refractivity contribution in [1.29, 1.82) is 0 Å². The van der Waals surface area contributed by atoms with Crippen LogP contribution in [0.15, 0.2) is 30.3 Å². The van der Waals surface area contributed by atoms with E-state index in [2.05, 4.69) is 56.0 Å². The normalized spacial score (nSPS) is 13.2. The fourth-order valence-electron chi connectivity index (χ4n) is 2.42. The van der Waals surface area contributed by atoms with Crippen molar-refractivity contribution < 1.29 is 0 Å². The molecule has 0 heterocycles. The highest BCUT2D eigenvalue weighted by atomic mass is 15.1. The zero-order chi connectivity index (χ0) is 13.4. The van der Waals surface area contributed by atoms with Crippen LogP contribution in [0.5, 0.6) is 0 Å². The molecule has 2 N–H and O–H groups in total. The molecule has 0 bridgehead atoms. The fraction of sp³-hybridized carbons (Fsp3) is 0.625. The van der Waals surface area contributed by atoms with Crippen LogP contribution in [-0.4, -0.2) is 24.5 Å². The Balaban J connectivity index is 2.50. The smallest absolute Gasteiger partial charge is 0.0233 e. The predicted octanol–water partition coefficient (Wildman–Crippen LogP) is 3.13. The van der Waals surface area contributed by atoms with Crippen molar-refractivity contribution >= 4 is 0 Å². The molecule has 102 valence electrons. The van der Waals surface area contributed by atoms with E-state index in [1.807, 2.05) is 0 Å². The van der Waals surface area contributed by atoms with E-state index in [9.17, 15) is 0 Å². The number of rotatable bonds is 8. The molecule has 0 spiro atoms. The molecule has 0 aliphatic carbocycles. The van der Waals surface area contributed by atoms with E-state index in [0.29, 0.717) is 5.92 Å². The molecule has 0 aliphatic rings. The Bertz CT molecular complexity index is 308. The number of nitrogens with two attached hydrogens (primary N) is 1. The second-order valence-corrected chi connectivity index (χ2v) is 5.54. The summed E-state index contributed by atoms with van der Waals surface area (Å²) in [6, 6.07) is 10.7. The Hall–Kier alpha value is -0.860. The summed E-state index contributed by atoms with van der Waals surface area (Å²) in [5.74, 6) is 1.35. The number of hydrogen-bond acceptors (Lipinski definition) is 2. The van der Waals surface area contributed by atoms with Gasteiger partial charge >= 0.3 is 0 Å². The Morgan fingerprint density at radius 2 is 1.83 bits per heavy atom. The van der Waals surface area contributed by atoms with E-state index in [0.717, 1.165) is 32.1 Å². The van der Waals surface area contributed by atoms with Gasteiger partial charge in [-0.3, -0.25) is 4.90 Å². The molecule has 0 aliphatic heterocycles. The van der Waals surface area contributed by atoms with Gasteiger partial charge in [0.2, 0.25) is 0 Å². The molecule has 1 aromatic carbocycles. The third-order valence-electron chi connectivity index (χ3n) is 3.35. The monoisotopic (exact) mass is 248 g/mol. The van der Waals surface area contributed by atoms with Crippen LogP contribution in [0.1, 0.15) is 32.8 Å². The summed E-state index contributed by atoms with van der Waals surface area (Å²) in [5.41, 5.74) is 7.28. The quantitative estimate of drug-likeness (QED) is 0.766. The van der Waals surface area contributed by atoms with Gasteiger partial charge in [-0.2, -0.15) is 0 Å². The van der Waals surface area contributed by atoms with Gasteiger partial charge in [-0.25, -0.2) is 0 Å². The first-order valence-corrected chi connectivity index (χ1v) is 7.12. The molecule has 1 atom stereocenters. The maximum Gasteiger partial charge on any atom is 0.0233 e. The Morgan fingerprint density at radius 3 is 2.33 bits per heavy atom. The van der Waals surface area contributed by atoms with E-state index in [1.54, 1.807) is 0 Å². The summed E-state index contributed by atoms with van der Waals surface area (Å²) in [4.78, 5) is 2.50. The molecule has 18 heavy (non-hydrogen) atoms. The molecule has 0 amide bonds. The Labute approximate surface area is 112 Å². The summed E-state index contributed by atoms with van der Waals surface area (Å²) in [5, 5.41) is 0. The molecule has 0 aromatic heterocycles. The van der Waals surface area contributed by atoms with E-state index in [-0.39, 0.29) is 0 Å². The minimum absolute atomic E-state index is 0.619. The van der Waals surface area contributed by atoms with Crippen LogP contribution in [0, 0.1) is 11.8 Å². The van der Waals surface area contributed by atoms with Crippen LogP contribution in [0.2, 0.25) is 0 Å². The fourth-order valence-corrected chi connectivity index (χ4v) is 2.42. The Kier molecular flexibility index (Phi) is 6.99. The predicted molar refractivity (Wildman–Crippen MR) is 79.4 cm³/mol. The van der Waals surface area contributed by atoms with E-state index in [1.165, 1.54) is 12.0 Å². The highest BCUT2D eigenvalue weighted by molar-refractivity contribution is 5.14. The first-order chi connectivity index (χ1) is 8.65. The van der Waals surface area contributed by atoms with E-state index in [4.69, 9.17) is 5.73 Å². The average molecular weight is 248 g/mol. The molecule has 0 fully saturated rings. The summed E-state index contributed by atoms with van der Waals surface area (Å²) in [7, 11) is 0. The summed E-state index contributed by atoms with van der Waals surface area (Å²) >= 11 is 0. The van der Waals surface area contributed by atoms with Gasteiger partial charge < -0.3 is 5.73 Å². The van der Waals surface area contributed by atoms with Crippen molar-refractivity contribution in [3.05, 3.63) is 35.9 Å². The maximum absolute atomic E-state index is 5.89. The molecule has 0 saturated carbocycles. The van der Waals surface area contributed by atoms with Crippen molar-refractivity contribution in [2.45, 2.75) is 33.7 Å². The first kappa shape index (κ1) is 15.2. The third kappa shape index (κ3) is 5.65. The molecule has 2 nitrogen and oxygen atoms in total. The van der Waals surface area contributed by atoms with Crippen molar-refractivity contribution in [2.24, 2.45) is 17.6 Å². The minimum Gasteiger partial charge on any atom is -0.330 e. The van der Waals surface area contributed by atoms with Gasteiger partial charge in [0.25, 0.3) is 0 Å². The van der Waals surface area contributed by atoms with Crippen LogP contribution >= 0.6 is 0 Å². The highest BCUT2D eigenvalue weighted by Crippen LogP contribution is 2.14. The maximum atomic E-state index is 5.89. The largest absolute Gasteiger partial charge is 0.330 e. The van der Waals surface area contributed by atoms with Gasteiger partial charge in [-0.1, -0.05) is 51.1 Å². The molecule has 1 aromatic rings. The molecule has 1 rings (SSSR count). The van der Waals surface area contributed by atoms with Gasteiger partial charge in [0, 0.05) is 13.1 Å². The average Bonchev–Trinajstić information content (AvgIpc) is 2.37. The van der Waals surface area contributed by atoms with Gasteiger partial charge in [0.1, 0.15) is 0 Å². The van der Waals surface area contributed by atoms with Crippen molar-refractivity contribution in [1.82, 2.24) is 4.90 Å². The van der Waals surface area contributed by atoms with Crippen LogP contribution in [0.25, 0.3) is 0 Å². The third-order valence-corrected chi connectivity index (χ3v) is 3.35. The molecule has 1 unspecified atom stereocenters. The summed E-state index contributed by atoms with van der Waals surface area (Å²) < 4.78 is 0. The molecular formula is C16H28N2. The van der Waals surface area contributed by atoms with Gasteiger partial charge in [0.15, 0.2) is 0 Å². The van der Waals surface area contributed by atoms with E-state index >= 15 is 0 Å². The number of nitrogens with zero attached hydrogens (tertiary/aromatic N) is 1. The van der Waals surface area contributed by atoms with Crippen LogP contribution in [-0.2, 0) is 6.54 Å². The topological polar surface area (TPSA) is 29.3 Å². The van der Waals surface area contributed by atoms with Gasteiger partial charge in [-0.15, -0.1) is 0 Å². The Morgan fingerprint density at radius 1 is 1.17 bits per heavy atom. The zero-order valence-corrected chi connectivity index (χ0v) is 12.1. The number of hydrogen-bond donors (Lipinski definition) is 1. The molecule has 2 heteroatoms. The molecular weight excluding hydrogens is 220 g/mol. The van der Waals surface area contributed by atoms with Crippen LogP contribution < -0.4 is 5.73 Å². The zero-order valence-electron chi connectivity index (χ0n) is 12.1. The van der Waals surface area contributed by atoms with Crippen LogP contribution in [0.4, 0.5) is 0 Å². The standard InChI is InChI=1S/C16H28N2/c1-4-18(12-15-8-6-5-7-9-15)13-16(11-17)10-14(2)3/h5-9,14,16H,4,10-13,17H2,1-3H3. The summed E-state index contributed by atoms with van der Waals surface area (Å²) in [6.45, 7) is 10.8. The van der Waals surface area contributed by atoms with Crippen molar-refractivity contribution in [3.8, 4) is 0 Å². The summed E-state index contributed by atoms with van der Waals surface area (Å²) in [6.07, 6.45) is 1.22.